The fraction of sp³-hybridized carbons (Fsp3) is 0.526. The summed E-state index contributed by atoms with van der Waals surface area (Å²) in [6.07, 6.45) is 6.08. The van der Waals surface area contributed by atoms with E-state index in [0.29, 0.717) is 18.4 Å². The molecule has 0 aliphatic carbocycles. The van der Waals surface area contributed by atoms with E-state index in [0.717, 1.165) is 32.2 Å². The molecule has 1 aliphatic heterocycles. The lowest BCUT2D eigenvalue weighted by Gasteiger charge is -2.35. The highest BCUT2D eigenvalue weighted by Gasteiger charge is 2.30. The predicted octanol–water partition coefficient (Wildman–Crippen LogP) is 3.92. The highest BCUT2D eigenvalue weighted by molar-refractivity contribution is 5.85. The van der Waals surface area contributed by atoms with Gasteiger partial charge >= 0.3 is 5.97 Å². The van der Waals surface area contributed by atoms with Crippen LogP contribution in [0.3, 0.4) is 0 Å². The average molecular weight is 338 g/mol. The van der Waals surface area contributed by atoms with Gasteiger partial charge in [0.15, 0.2) is 0 Å². The first-order chi connectivity index (χ1) is 10.7. The molecule has 0 bridgehead atoms. The number of carbonyl (C=O) groups is 1. The summed E-state index contributed by atoms with van der Waals surface area (Å²) in [6.45, 7) is 6.85. The summed E-state index contributed by atoms with van der Waals surface area (Å²) in [4.78, 5) is 12.1. The summed E-state index contributed by atoms with van der Waals surface area (Å²) in [5.74, 6) is 0.321. The minimum atomic E-state index is -0.0773. The van der Waals surface area contributed by atoms with Gasteiger partial charge in [-0.05, 0) is 38.2 Å². The minimum Gasteiger partial charge on any atom is -0.462 e. The highest BCUT2D eigenvalue weighted by atomic mass is 35.5. The Balaban J connectivity index is 0.00000264. The number of rotatable bonds is 7. The van der Waals surface area contributed by atoms with Gasteiger partial charge < -0.3 is 10.1 Å². The minimum absolute atomic E-state index is 0. The lowest BCUT2D eigenvalue weighted by atomic mass is 9.88. The summed E-state index contributed by atoms with van der Waals surface area (Å²) in [6, 6.07) is 10.5. The summed E-state index contributed by atoms with van der Waals surface area (Å²) >= 11 is 0. The molecule has 3 nitrogen and oxygen atoms in total. The quantitative estimate of drug-likeness (QED) is 0.605. The lowest BCUT2D eigenvalue weighted by molar-refractivity contribution is -0.153. The number of hydrogen-bond acceptors (Lipinski definition) is 3. The number of esters is 1. The van der Waals surface area contributed by atoms with Gasteiger partial charge in [-0.3, -0.25) is 4.79 Å². The van der Waals surface area contributed by atoms with Crippen molar-refractivity contribution in [2.24, 2.45) is 5.92 Å². The molecule has 0 radical (unpaired) electrons. The molecule has 23 heavy (non-hydrogen) atoms. The number of aryl methyl sites for hydroxylation is 1. The van der Waals surface area contributed by atoms with Gasteiger partial charge in [0.25, 0.3) is 0 Å². The molecule has 1 aliphatic rings. The topological polar surface area (TPSA) is 38.3 Å². The summed E-state index contributed by atoms with van der Waals surface area (Å²) in [5.41, 5.74) is 1.18. The SMILES string of the molecule is C=CCCC1CNC(C)CC1OC(=O)CCc1ccccc1.Cl. The van der Waals surface area contributed by atoms with Gasteiger partial charge in [-0.25, -0.2) is 0 Å². The standard InChI is InChI=1S/C19H27NO2.ClH/c1-3-4-10-17-14-20-15(2)13-18(17)22-19(21)12-11-16-8-6-5-7-9-16;/h3,5-9,15,17-18,20H,1,4,10-14H2,2H3;1H. The molecule has 0 amide bonds. The Morgan fingerprint density at radius 2 is 2.13 bits per heavy atom. The van der Waals surface area contributed by atoms with Gasteiger partial charge in [-0.15, -0.1) is 19.0 Å². The van der Waals surface area contributed by atoms with Gasteiger partial charge in [-0.2, -0.15) is 0 Å². The molecule has 0 spiro atoms. The zero-order valence-electron chi connectivity index (χ0n) is 13.9. The Morgan fingerprint density at radius 1 is 1.39 bits per heavy atom. The van der Waals surface area contributed by atoms with Crippen molar-refractivity contribution < 1.29 is 9.53 Å². The molecule has 1 heterocycles. The van der Waals surface area contributed by atoms with Crippen LogP contribution in [-0.2, 0) is 16.0 Å². The van der Waals surface area contributed by atoms with Crippen molar-refractivity contribution in [3.8, 4) is 0 Å². The third-order valence-electron chi connectivity index (χ3n) is 4.33. The van der Waals surface area contributed by atoms with Crippen LogP contribution in [0.25, 0.3) is 0 Å². The number of hydrogen-bond donors (Lipinski definition) is 1. The van der Waals surface area contributed by atoms with Gasteiger partial charge in [-0.1, -0.05) is 36.4 Å². The number of ether oxygens (including phenoxy) is 1. The molecule has 1 aromatic rings. The van der Waals surface area contributed by atoms with Gasteiger partial charge in [0, 0.05) is 24.9 Å². The molecule has 0 aromatic heterocycles. The average Bonchev–Trinajstić information content (AvgIpc) is 2.53. The van der Waals surface area contributed by atoms with Crippen LogP contribution in [-0.4, -0.2) is 24.7 Å². The maximum atomic E-state index is 12.1. The number of carbonyl (C=O) groups excluding carboxylic acids is 1. The number of allylic oxidation sites excluding steroid dienone is 1. The molecule has 1 fully saturated rings. The largest absolute Gasteiger partial charge is 0.462 e. The van der Waals surface area contributed by atoms with Crippen LogP contribution >= 0.6 is 12.4 Å². The van der Waals surface area contributed by atoms with E-state index < -0.39 is 0 Å². The summed E-state index contributed by atoms with van der Waals surface area (Å²) in [5, 5.41) is 3.48. The fourth-order valence-electron chi connectivity index (χ4n) is 2.99. The lowest BCUT2D eigenvalue weighted by Crippen LogP contribution is -2.46. The van der Waals surface area contributed by atoms with E-state index in [-0.39, 0.29) is 24.5 Å². The Labute approximate surface area is 145 Å². The first-order valence-corrected chi connectivity index (χ1v) is 8.26. The van der Waals surface area contributed by atoms with E-state index in [2.05, 4.69) is 18.8 Å². The van der Waals surface area contributed by atoms with Crippen LogP contribution in [0.4, 0.5) is 0 Å². The Hall–Kier alpha value is -1.32. The Bertz CT molecular complexity index is 478. The van der Waals surface area contributed by atoms with Crippen molar-refractivity contribution in [1.82, 2.24) is 5.32 Å². The van der Waals surface area contributed by atoms with Crippen molar-refractivity contribution in [3.63, 3.8) is 0 Å². The van der Waals surface area contributed by atoms with Crippen LogP contribution in [0, 0.1) is 5.92 Å². The van der Waals surface area contributed by atoms with Gasteiger partial charge in [0.05, 0.1) is 0 Å². The van der Waals surface area contributed by atoms with E-state index in [1.54, 1.807) is 0 Å². The van der Waals surface area contributed by atoms with Crippen LogP contribution < -0.4 is 5.32 Å². The van der Waals surface area contributed by atoms with Crippen LogP contribution in [0.2, 0.25) is 0 Å². The molecule has 3 atom stereocenters. The molecule has 1 saturated heterocycles. The molecule has 2 rings (SSSR count). The first-order valence-electron chi connectivity index (χ1n) is 8.26. The van der Waals surface area contributed by atoms with E-state index in [4.69, 9.17) is 4.74 Å². The zero-order chi connectivity index (χ0) is 15.8. The van der Waals surface area contributed by atoms with Crippen molar-refractivity contribution in [2.75, 3.05) is 6.54 Å². The smallest absolute Gasteiger partial charge is 0.306 e. The first kappa shape index (κ1) is 19.7. The van der Waals surface area contributed by atoms with Gasteiger partial charge in [0.2, 0.25) is 0 Å². The van der Waals surface area contributed by atoms with Crippen LogP contribution in [0.15, 0.2) is 43.0 Å². The molecule has 128 valence electrons. The van der Waals surface area contributed by atoms with E-state index in [9.17, 15) is 4.79 Å². The van der Waals surface area contributed by atoms with E-state index in [1.165, 1.54) is 5.56 Å². The zero-order valence-corrected chi connectivity index (χ0v) is 14.7. The fourth-order valence-corrected chi connectivity index (χ4v) is 2.99. The molecular formula is C19H28ClNO2. The maximum Gasteiger partial charge on any atom is 0.306 e. The van der Waals surface area contributed by atoms with E-state index in [1.807, 2.05) is 36.4 Å². The van der Waals surface area contributed by atoms with Crippen molar-refractivity contribution >= 4 is 18.4 Å². The molecule has 3 unspecified atom stereocenters. The van der Waals surface area contributed by atoms with Gasteiger partial charge in [0.1, 0.15) is 6.10 Å². The molecule has 1 N–H and O–H groups in total. The number of halogens is 1. The number of benzene rings is 1. The van der Waals surface area contributed by atoms with Crippen molar-refractivity contribution in [3.05, 3.63) is 48.6 Å². The second kappa shape index (κ2) is 10.5. The Kier molecular flexibility index (Phi) is 8.97. The van der Waals surface area contributed by atoms with Crippen molar-refractivity contribution in [2.45, 2.75) is 51.2 Å². The molecular weight excluding hydrogens is 310 g/mol. The predicted molar refractivity (Wildman–Crippen MR) is 96.9 cm³/mol. The third kappa shape index (κ3) is 6.76. The molecule has 0 saturated carbocycles. The molecule has 4 heteroatoms. The number of piperidine rings is 1. The monoisotopic (exact) mass is 337 g/mol. The van der Waals surface area contributed by atoms with Crippen LogP contribution in [0.5, 0.6) is 0 Å². The summed E-state index contributed by atoms with van der Waals surface area (Å²) < 4.78 is 5.78. The number of nitrogens with one attached hydrogen (secondary N) is 1. The molecule has 1 aromatic carbocycles. The van der Waals surface area contributed by atoms with Crippen LogP contribution in [0.1, 0.15) is 38.2 Å². The third-order valence-corrected chi connectivity index (χ3v) is 4.33. The Morgan fingerprint density at radius 3 is 2.83 bits per heavy atom. The normalized spacial score (nSPS) is 23.6. The van der Waals surface area contributed by atoms with Crippen molar-refractivity contribution in [1.29, 1.82) is 0 Å². The van der Waals surface area contributed by atoms with E-state index >= 15 is 0 Å². The summed E-state index contributed by atoms with van der Waals surface area (Å²) in [7, 11) is 0. The second-order valence-electron chi connectivity index (χ2n) is 6.19. The highest BCUT2D eigenvalue weighted by Crippen LogP contribution is 2.23. The maximum absolute atomic E-state index is 12.1. The second-order valence-corrected chi connectivity index (χ2v) is 6.19.